The van der Waals surface area contributed by atoms with Gasteiger partial charge >= 0.3 is 5.97 Å². The largest absolute Gasteiger partial charge is 0.464 e. The highest BCUT2D eigenvalue weighted by atomic mass is 16.6. The van der Waals surface area contributed by atoms with Gasteiger partial charge in [-0.2, -0.15) is 0 Å². The van der Waals surface area contributed by atoms with Gasteiger partial charge in [-0.05, 0) is 13.3 Å². The topological polar surface area (TPSA) is 47.6 Å². The highest BCUT2D eigenvalue weighted by Gasteiger charge is 2.26. The predicted octanol–water partition coefficient (Wildman–Crippen LogP) is 0.707. The molecule has 1 rings (SSSR count). The first-order chi connectivity index (χ1) is 6.77. The Hall–Kier alpha value is -0.610. The summed E-state index contributed by atoms with van der Waals surface area (Å²) in [6.45, 7) is 5.96. The van der Waals surface area contributed by atoms with Crippen LogP contribution in [-0.2, 0) is 14.3 Å². The van der Waals surface area contributed by atoms with E-state index in [-0.39, 0.29) is 18.2 Å². The molecule has 1 unspecified atom stereocenters. The summed E-state index contributed by atoms with van der Waals surface area (Å²) < 4.78 is 10.5. The Balaban J connectivity index is 2.32. The molecule has 1 aliphatic heterocycles. The number of ether oxygens (including phenoxy) is 2. The fourth-order valence-electron chi connectivity index (χ4n) is 1.33. The molecule has 0 aromatic rings. The zero-order valence-electron chi connectivity index (χ0n) is 8.91. The van der Waals surface area contributed by atoms with E-state index in [0.717, 1.165) is 25.9 Å². The summed E-state index contributed by atoms with van der Waals surface area (Å²) in [6.07, 6.45) is 1.50. The van der Waals surface area contributed by atoms with Crippen molar-refractivity contribution in [3.8, 4) is 0 Å². The minimum absolute atomic E-state index is 0.191. The quantitative estimate of drug-likeness (QED) is 0.643. The van der Waals surface area contributed by atoms with Crippen molar-refractivity contribution in [1.29, 1.82) is 0 Å². The van der Waals surface area contributed by atoms with E-state index in [2.05, 4.69) is 5.32 Å². The lowest BCUT2D eigenvalue weighted by Crippen LogP contribution is -2.51. The molecule has 1 aliphatic rings. The number of carbonyl (C=O) groups is 1. The van der Waals surface area contributed by atoms with Crippen LogP contribution in [0.2, 0.25) is 0 Å². The van der Waals surface area contributed by atoms with Crippen LogP contribution in [0.1, 0.15) is 26.7 Å². The lowest BCUT2D eigenvalue weighted by atomic mass is 10.2. The molecule has 1 fully saturated rings. The van der Waals surface area contributed by atoms with Crippen LogP contribution in [0.5, 0.6) is 0 Å². The summed E-state index contributed by atoms with van der Waals surface area (Å²) in [5.41, 5.74) is 0. The Labute approximate surface area is 85.0 Å². The predicted molar refractivity (Wildman–Crippen MR) is 53.1 cm³/mol. The molecule has 0 aromatic heterocycles. The van der Waals surface area contributed by atoms with E-state index in [0.29, 0.717) is 6.61 Å². The highest BCUT2D eigenvalue weighted by Crippen LogP contribution is 2.10. The van der Waals surface area contributed by atoms with Crippen LogP contribution in [-0.4, -0.2) is 37.9 Å². The molecule has 1 atom stereocenters. The minimum Gasteiger partial charge on any atom is -0.464 e. The molecular weight excluding hydrogens is 182 g/mol. The zero-order chi connectivity index (χ0) is 10.4. The van der Waals surface area contributed by atoms with Crippen LogP contribution in [0.3, 0.4) is 0 Å². The Morgan fingerprint density at radius 1 is 1.50 bits per heavy atom. The van der Waals surface area contributed by atoms with Crippen molar-refractivity contribution >= 4 is 5.97 Å². The van der Waals surface area contributed by atoms with Crippen LogP contribution in [0.25, 0.3) is 0 Å². The van der Waals surface area contributed by atoms with Gasteiger partial charge in [0.1, 0.15) is 0 Å². The number of hydrogen-bond acceptors (Lipinski definition) is 4. The Morgan fingerprint density at radius 3 is 2.64 bits per heavy atom. The van der Waals surface area contributed by atoms with E-state index >= 15 is 0 Å². The maximum absolute atomic E-state index is 11.4. The van der Waals surface area contributed by atoms with E-state index in [1.165, 1.54) is 0 Å². The Bertz CT molecular complexity index is 180. The lowest BCUT2D eigenvalue weighted by Gasteiger charge is -2.30. The van der Waals surface area contributed by atoms with Gasteiger partial charge in [-0.15, -0.1) is 0 Å². The van der Waals surface area contributed by atoms with Gasteiger partial charge in [0, 0.05) is 13.1 Å². The summed E-state index contributed by atoms with van der Waals surface area (Å²) >= 11 is 0. The van der Waals surface area contributed by atoms with Crippen LogP contribution < -0.4 is 5.32 Å². The first kappa shape index (κ1) is 11.5. The fourth-order valence-corrected chi connectivity index (χ4v) is 1.33. The van der Waals surface area contributed by atoms with Crippen molar-refractivity contribution < 1.29 is 14.3 Å². The molecule has 4 heteroatoms. The molecule has 1 heterocycles. The van der Waals surface area contributed by atoms with Gasteiger partial charge in [0.2, 0.25) is 0 Å². The normalized spacial score (nSPS) is 18.7. The molecule has 0 aromatic carbocycles. The van der Waals surface area contributed by atoms with Gasteiger partial charge in [-0.1, -0.05) is 13.3 Å². The monoisotopic (exact) mass is 201 g/mol. The Morgan fingerprint density at radius 2 is 2.21 bits per heavy atom. The maximum Gasteiger partial charge on any atom is 0.335 e. The molecule has 4 nitrogen and oxygen atoms in total. The van der Waals surface area contributed by atoms with Crippen molar-refractivity contribution in [2.24, 2.45) is 0 Å². The summed E-state index contributed by atoms with van der Waals surface area (Å²) in [5.74, 6) is -0.221. The van der Waals surface area contributed by atoms with E-state index < -0.39 is 0 Å². The molecule has 14 heavy (non-hydrogen) atoms. The third-order valence-electron chi connectivity index (χ3n) is 2.20. The maximum atomic E-state index is 11.4. The zero-order valence-corrected chi connectivity index (χ0v) is 8.91. The van der Waals surface area contributed by atoms with Crippen molar-refractivity contribution in [3.05, 3.63) is 0 Å². The van der Waals surface area contributed by atoms with Gasteiger partial charge < -0.3 is 14.8 Å². The third kappa shape index (κ3) is 3.27. The Kier molecular flexibility index (Phi) is 4.90. The molecule has 0 amide bonds. The first-order valence-electron chi connectivity index (χ1n) is 5.30. The standard InChI is InChI=1S/C10H19NO3/c1-3-5-9(10(12)13-4-2)14-8-6-11-7-8/h8-9,11H,3-7H2,1-2H3. The molecule has 0 aliphatic carbocycles. The molecule has 0 radical (unpaired) electrons. The van der Waals surface area contributed by atoms with E-state index in [4.69, 9.17) is 9.47 Å². The second-order valence-corrected chi connectivity index (χ2v) is 3.45. The van der Waals surface area contributed by atoms with E-state index in [1.54, 1.807) is 0 Å². The first-order valence-corrected chi connectivity index (χ1v) is 5.30. The van der Waals surface area contributed by atoms with Crippen LogP contribution >= 0.6 is 0 Å². The van der Waals surface area contributed by atoms with Gasteiger partial charge in [0.15, 0.2) is 6.10 Å². The number of carbonyl (C=O) groups excluding carboxylic acids is 1. The third-order valence-corrected chi connectivity index (χ3v) is 2.20. The van der Waals surface area contributed by atoms with Crippen molar-refractivity contribution in [2.75, 3.05) is 19.7 Å². The van der Waals surface area contributed by atoms with Crippen LogP contribution in [0, 0.1) is 0 Å². The van der Waals surface area contributed by atoms with Gasteiger partial charge in [0.25, 0.3) is 0 Å². The number of esters is 1. The SMILES string of the molecule is CCCC(OC1CNC1)C(=O)OCC. The van der Waals surface area contributed by atoms with Gasteiger partial charge in [-0.25, -0.2) is 4.79 Å². The smallest absolute Gasteiger partial charge is 0.335 e. The summed E-state index contributed by atoms with van der Waals surface area (Å²) in [5, 5.41) is 3.10. The highest BCUT2D eigenvalue weighted by molar-refractivity contribution is 5.74. The lowest BCUT2D eigenvalue weighted by molar-refractivity contribution is -0.163. The average Bonchev–Trinajstić information content (AvgIpc) is 2.09. The van der Waals surface area contributed by atoms with Crippen LogP contribution in [0.4, 0.5) is 0 Å². The van der Waals surface area contributed by atoms with Gasteiger partial charge in [0.05, 0.1) is 12.7 Å². The van der Waals surface area contributed by atoms with E-state index in [1.807, 2.05) is 13.8 Å². The number of hydrogen-bond donors (Lipinski definition) is 1. The summed E-state index contributed by atoms with van der Waals surface area (Å²) in [6, 6.07) is 0. The number of rotatable bonds is 6. The second kappa shape index (κ2) is 5.98. The molecule has 0 bridgehead atoms. The molecular formula is C10H19NO3. The molecule has 0 saturated carbocycles. The summed E-state index contributed by atoms with van der Waals surface area (Å²) in [4.78, 5) is 11.4. The van der Waals surface area contributed by atoms with Crippen molar-refractivity contribution in [3.63, 3.8) is 0 Å². The second-order valence-electron chi connectivity index (χ2n) is 3.45. The van der Waals surface area contributed by atoms with Gasteiger partial charge in [-0.3, -0.25) is 0 Å². The molecule has 1 saturated heterocycles. The molecule has 1 N–H and O–H groups in total. The average molecular weight is 201 g/mol. The minimum atomic E-state index is -0.368. The van der Waals surface area contributed by atoms with Crippen LogP contribution in [0.15, 0.2) is 0 Å². The van der Waals surface area contributed by atoms with Crippen molar-refractivity contribution in [1.82, 2.24) is 5.32 Å². The van der Waals surface area contributed by atoms with E-state index in [9.17, 15) is 4.79 Å². The van der Waals surface area contributed by atoms with Crippen molar-refractivity contribution in [2.45, 2.75) is 38.9 Å². The number of nitrogens with one attached hydrogen (secondary N) is 1. The fraction of sp³-hybridized carbons (Fsp3) is 0.900. The summed E-state index contributed by atoms with van der Waals surface area (Å²) in [7, 11) is 0. The molecule has 0 spiro atoms. The molecule has 82 valence electrons.